The zero-order valence-corrected chi connectivity index (χ0v) is 12.2. The Kier molecular flexibility index (Phi) is 4.12. The summed E-state index contributed by atoms with van der Waals surface area (Å²) in [6.45, 7) is 3.95. The van der Waals surface area contributed by atoms with E-state index in [1.54, 1.807) is 18.5 Å². The maximum atomic E-state index is 12.2. The van der Waals surface area contributed by atoms with Crippen molar-refractivity contribution >= 4 is 28.9 Å². The normalized spacial score (nSPS) is 11.2. The minimum absolute atomic E-state index is 0.265. The number of aliphatic carboxylic acids is 1. The Morgan fingerprint density at radius 2 is 2.10 bits per heavy atom. The number of rotatable bonds is 4. The largest absolute Gasteiger partial charge is 0.478 e. The fourth-order valence-corrected chi connectivity index (χ4v) is 2.51. The highest BCUT2D eigenvalue weighted by Gasteiger charge is 2.21. The van der Waals surface area contributed by atoms with Crippen LogP contribution in [0.25, 0.3) is 17.0 Å². The molecular weight excluding hydrogens is 270 g/mol. The van der Waals surface area contributed by atoms with Crippen molar-refractivity contribution in [3.05, 3.63) is 41.1 Å². The SMILES string of the molecule is CCOC(=O)c1c(/C=C\C(=O)O)c2cccc(C)c2n1C. The number of nitrogens with zero attached hydrogens (tertiary/aromatic N) is 1. The fourth-order valence-electron chi connectivity index (χ4n) is 2.51. The zero-order chi connectivity index (χ0) is 15.6. The third-order valence-corrected chi connectivity index (χ3v) is 3.32. The first-order valence-electron chi connectivity index (χ1n) is 6.63. The predicted molar refractivity (Wildman–Crippen MR) is 80.3 cm³/mol. The van der Waals surface area contributed by atoms with Crippen LogP contribution in [0.4, 0.5) is 0 Å². The van der Waals surface area contributed by atoms with E-state index in [-0.39, 0.29) is 6.61 Å². The summed E-state index contributed by atoms with van der Waals surface area (Å²) in [6, 6.07) is 5.69. The van der Waals surface area contributed by atoms with Gasteiger partial charge in [0.05, 0.1) is 12.1 Å². The van der Waals surface area contributed by atoms with Crippen LogP contribution in [0.3, 0.4) is 0 Å². The van der Waals surface area contributed by atoms with Gasteiger partial charge in [0.25, 0.3) is 0 Å². The van der Waals surface area contributed by atoms with Crippen LogP contribution in [0.5, 0.6) is 0 Å². The van der Waals surface area contributed by atoms with Crippen molar-refractivity contribution in [3.8, 4) is 0 Å². The molecule has 0 saturated carbocycles. The second-order valence-corrected chi connectivity index (χ2v) is 4.68. The van der Waals surface area contributed by atoms with E-state index in [1.807, 2.05) is 25.1 Å². The highest BCUT2D eigenvalue weighted by molar-refractivity contribution is 6.05. The van der Waals surface area contributed by atoms with Crippen molar-refractivity contribution in [2.24, 2.45) is 7.05 Å². The summed E-state index contributed by atoms with van der Waals surface area (Å²) < 4.78 is 6.84. The first-order valence-corrected chi connectivity index (χ1v) is 6.63. The van der Waals surface area contributed by atoms with Crippen LogP contribution >= 0.6 is 0 Å². The molecule has 0 amide bonds. The minimum atomic E-state index is -1.06. The first kappa shape index (κ1) is 14.8. The maximum absolute atomic E-state index is 12.2. The molecule has 5 nitrogen and oxygen atoms in total. The lowest BCUT2D eigenvalue weighted by Gasteiger charge is -2.05. The Morgan fingerprint density at radius 3 is 2.71 bits per heavy atom. The Hall–Kier alpha value is -2.56. The van der Waals surface area contributed by atoms with Gasteiger partial charge < -0.3 is 14.4 Å². The topological polar surface area (TPSA) is 68.5 Å². The molecule has 2 aromatic rings. The highest BCUT2D eigenvalue weighted by Crippen LogP contribution is 2.29. The van der Waals surface area contributed by atoms with Gasteiger partial charge in [0.2, 0.25) is 0 Å². The van der Waals surface area contributed by atoms with Crippen LogP contribution in [-0.2, 0) is 16.6 Å². The molecular formula is C16H17NO4. The molecule has 110 valence electrons. The van der Waals surface area contributed by atoms with Crippen LogP contribution in [0.1, 0.15) is 28.5 Å². The molecule has 0 saturated heterocycles. The number of esters is 1. The van der Waals surface area contributed by atoms with Crippen LogP contribution in [0.2, 0.25) is 0 Å². The van der Waals surface area contributed by atoms with Gasteiger partial charge in [-0.15, -0.1) is 0 Å². The van der Waals surface area contributed by atoms with E-state index in [2.05, 4.69) is 0 Å². The van der Waals surface area contributed by atoms with Gasteiger partial charge in [0.1, 0.15) is 5.69 Å². The van der Waals surface area contributed by atoms with Gasteiger partial charge in [-0.2, -0.15) is 0 Å². The number of fused-ring (bicyclic) bond motifs is 1. The van der Waals surface area contributed by atoms with E-state index < -0.39 is 11.9 Å². The van der Waals surface area contributed by atoms with Crippen molar-refractivity contribution in [3.63, 3.8) is 0 Å². The lowest BCUT2D eigenvalue weighted by Crippen LogP contribution is -2.11. The summed E-state index contributed by atoms with van der Waals surface area (Å²) in [6.07, 6.45) is 2.47. The van der Waals surface area contributed by atoms with Gasteiger partial charge >= 0.3 is 11.9 Å². The Labute approximate surface area is 122 Å². The monoisotopic (exact) mass is 287 g/mol. The summed E-state index contributed by atoms with van der Waals surface area (Å²) in [5.74, 6) is -1.52. The van der Waals surface area contributed by atoms with Crippen molar-refractivity contribution in [1.82, 2.24) is 4.57 Å². The molecule has 1 heterocycles. The van der Waals surface area contributed by atoms with E-state index in [9.17, 15) is 9.59 Å². The zero-order valence-electron chi connectivity index (χ0n) is 12.2. The molecule has 21 heavy (non-hydrogen) atoms. The Morgan fingerprint density at radius 1 is 1.38 bits per heavy atom. The molecule has 0 aliphatic rings. The van der Waals surface area contributed by atoms with Gasteiger partial charge in [-0.1, -0.05) is 18.2 Å². The molecule has 2 rings (SSSR count). The van der Waals surface area contributed by atoms with Crippen molar-refractivity contribution in [2.75, 3.05) is 6.61 Å². The van der Waals surface area contributed by atoms with Gasteiger partial charge in [-0.25, -0.2) is 9.59 Å². The summed E-state index contributed by atoms with van der Waals surface area (Å²) in [5.41, 5.74) is 2.83. The fraction of sp³-hybridized carbons (Fsp3) is 0.250. The number of carboxylic acids is 1. The Bertz CT molecular complexity index is 740. The average molecular weight is 287 g/mol. The van der Waals surface area contributed by atoms with Gasteiger partial charge in [-0.3, -0.25) is 0 Å². The number of carboxylic acid groups (broad SMARTS) is 1. The van der Waals surface area contributed by atoms with E-state index in [4.69, 9.17) is 9.84 Å². The molecule has 0 radical (unpaired) electrons. The molecule has 5 heteroatoms. The standard InChI is InChI=1S/C16H17NO4/c1-4-21-16(20)15-12(8-9-13(18)19)11-7-5-6-10(2)14(11)17(15)3/h5-9H,4H2,1-3H3,(H,18,19)/b9-8-. The molecule has 0 atom stereocenters. The molecule has 1 aromatic carbocycles. The van der Waals surface area contributed by atoms with E-state index in [0.717, 1.165) is 22.5 Å². The number of carbonyl (C=O) groups excluding carboxylic acids is 1. The van der Waals surface area contributed by atoms with Gasteiger partial charge in [-0.05, 0) is 25.5 Å². The van der Waals surface area contributed by atoms with Gasteiger partial charge in [0, 0.05) is 24.1 Å². The summed E-state index contributed by atoms with van der Waals surface area (Å²) >= 11 is 0. The number of benzene rings is 1. The lowest BCUT2D eigenvalue weighted by atomic mass is 10.1. The second-order valence-electron chi connectivity index (χ2n) is 4.68. The van der Waals surface area contributed by atoms with Crippen LogP contribution in [0, 0.1) is 6.92 Å². The average Bonchev–Trinajstić information content (AvgIpc) is 2.70. The smallest absolute Gasteiger partial charge is 0.355 e. The molecule has 0 fully saturated rings. The second kappa shape index (κ2) is 5.83. The number of hydrogen-bond donors (Lipinski definition) is 1. The predicted octanol–water partition coefficient (Wildman–Crippen LogP) is 2.76. The van der Waals surface area contributed by atoms with E-state index >= 15 is 0 Å². The molecule has 0 bridgehead atoms. The number of carbonyl (C=O) groups is 2. The third kappa shape index (κ3) is 2.67. The first-order chi connectivity index (χ1) is 9.97. The molecule has 1 aromatic heterocycles. The van der Waals surface area contributed by atoms with Crippen LogP contribution in [0.15, 0.2) is 24.3 Å². The molecule has 1 N–H and O–H groups in total. The lowest BCUT2D eigenvalue weighted by molar-refractivity contribution is -0.131. The maximum Gasteiger partial charge on any atom is 0.355 e. The number of hydrogen-bond acceptors (Lipinski definition) is 3. The van der Waals surface area contributed by atoms with Crippen molar-refractivity contribution < 1.29 is 19.4 Å². The van der Waals surface area contributed by atoms with Crippen LogP contribution in [-0.4, -0.2) is 28.2 Å². The number of ether oxygens (including phenoxy) is 1. The van der Waals surface area contributed by atoms with Crippen molar-refractivity contribution in [1.29, 1.82) is 0 Å². The molecule has 0 spiro atoms. The van der Waals surface area contributed by atoms with Gasteiger partial charge in [0.15, 0.2) is 0 Å². The minimum Gasteiger partial charge on any atom is -0.478 e. The molecule has 0 unspecified atom stereocenters. The summed E-state index contributed by atoms with van der Waals surface area (Å²) in [4.78, 5) is 23.0. The Balaban J connectivity index is 2.78. The molecule has 0 aliphatic heterocycles. The van der Waals surface area contributed by atoms with Crippen LogP contribution < -0.4 is 0 Å². The third-order valence-electron chi connectivity index (χ3n) is 3.32. The van der Waals surface area contributed by atoms with Crippen molar-refractivity contribution in [2.45, 2.75) is 13.8 Å². The summed E-state index contributed by atoms with van der Waals surface area (Å²) in [7, 11) is 1.78. The van der Waals surface area contributed by atoms with E-state index in [1.165, 1.54) is 6.08 Å². The van der Waals surface area contributed by atoms with E-state index in [0.29, 0.717) is 11.3 Å². The quantitative estimate of drug-likeness (QED) is 0.693. The number of aryl methyl sites for hydroxylation is 2. The highest BCUT2D eigenvalue weighted by atomic mass is 16.5. The molecule has 0 aliphatic carbocycles. The number of aromatic nitrogens is 1. The number of para-hydroxylation sites is 1. The summed E-state index contributed by atoms with van der Waals surface area (Å²) in [5, 5.41) is 9.66.